The van der Waals surface area contributed by atoms with Gasteiger partial charge in [-0.15, -0.1) is 0 Å². The first-order chi connectivity index (χ1) is 8.20. The molecule has 0 radical (unpaired) electrons. The van der Waals surface area contributed by atoms with E-state index in [1.807, 2.05) is 0 Å². The van der Waals surface area contributed by atoms with Gasteiger partial charge in [-0.2, -0.15) is 0 Å². The van der Waals surface area contributed by atoms with E-state index in [9.17, 15) is 0 Å². The summed E-state index contributed by atoms with van der Waals surface area (Å²) < 4.78 is 6.00. The Hall–Kier alpha value is -0.0800. The smallest absolute Gasteiger partial charge is 0.0600 e. The van der Waals surface area contributed by atoms with Crippen LogP contribution in [0.1, 0.15) is 65.7 Å². The second kappa shape index (κ2) is 8.93. The maximum atomic E-state index is 6.00. The standard InChI is InChI=1S/C15H31NO/c1-13(2)16-11-7-4-8-12-17-15-10-6-5-9-14(15)3/h13-16H,4-12H2,1-3H3. The Morgan fingerprint density at radius 2 is 1.88 bits per heavy atom. The van der Waals surface area contributed by atoms with Crippen molar-refractivity contribution in [3.63, 3.8) is 0 Å². The number of ether oxygens (including phenoxy) is 1. The third-order valence-electron chi connectivity index (χ3n) is 3.74. The van der Waals surface area contributed by atoms with Crippen LogP contribution in [0.2, 0.25) is 0 Å². The van der Waals surface area contributed by atoms with Crippen molar-refractivity contribution in [2.24, 2.45) is 5.92 Å². The lowest BCUT2D eigenvalue weighted by Gasteiger charge is -2.28. The van der Waals surface area contributed by atoms with Crippen molar-refractivity contribution >= 4 is 0 Å². The summed E-state index contributed by atoms with van der Waals surface area (Å²) >= 11 is 0. The van der Waals surface area contributed by atoms with Crippen LogP contribution in [0.3, 0.4) is 0 Å². The summed E-state index contributed by atoms with van der Waals surface area (Å²) in [6, 6.07) is 0.620. The molecule has 2 nitrogen and oxygen atoms in total. The van der Waals surface area contributed by atoms with Crippen molar-refractivity contribution in [2.45, 2.75) is 77.9 Å². The van der Waals surface area contributed by atoms with Crippen LogP contribution in [-0.2, 0) is 4.74 Å². The van der Waals surface area contributed by atoms with Gasteiger partial charge < -0.3 is 10.1 Å². The molecule has 0 aliphatic heterocycles. The number of hydrogen-bond donors (Lipinski definition) is 1. The molecular formula is C15H31NO. The first-order valence-electron chi connectivity index (χ1n) is 7.55. The molecule has 1 fully saturated rings. The van der Waals surface area contributed by atoms with Crippen LogP contribution in [0.25, 0.3) is 0 Å². The van der Waals surface area contributed by atoms with Crippen LogP contribution in [0, 0.1) is 5.92 Å². The molecule has 0 saturated heterocycles. The molecule has 2 heteroatoms. The molecule has 0 aromatic carbocycles. The van der Waals surface area contributed by atoms with Crippen molar-refractivity contribution in [3.05, 3.63) is 0 Å². The Kier molecular flexibility index (Phi) is 7.87. The highest BCUT2D eigenvalue weighted by atomic mass is 16.5. The quantitative estimate of drug-likeness (QED) is 0.653. The van der Waals surface area contributed by atoms with E-state index in [-0.39, 0.29) is 0 Å². The summed E-state index contributed by atoms with van der Waals surface area (Å²) in [5.74, 6) is 0.784. The highest BCUT2D eigenvalue weighted by Crippen LogP contribution is 2.26. The Balaban J connectivity index is 1.89. The molecule has 0 bridgehead atoms. The lowest BCUT2D eigenvalue weighted by Crippen LogP contribution is -2.26. The van der Waals surface area contributed by atoms with E-state index in [0.717, 1.165) is 19.1 Å². The molecule has 1 N–H and O–H groups in total. The molecule has 0 heterocycles. The van der Waals surface area contributed by atoms with Gasteiger partial charge in [-0.3, -0.25) is 0 Å². The van der Waals surface area contributed by atoms with Crippen LogP contribution in [-0.4, -0.2) is 25.3 Å². The molecule has 0 spiro atoms. The number of unbranched alkanes of at least 4 members (excludes halogenated alkanes) is 2. The van der Waals surface area contributed by atoms with Gasteiger partial charge in [-0.25, -0.2) is 0 Å². The first-order valence-corrected chi connectivity index (χ1v) is 7.55. The fourth-order valence-electron chi connectivity index (χ4n) is 2.56. The Morgan fingerprint density at radius 1 is 1.12 bits per heavy atom. The van der Waals surface area contributed by atoms with Gasteiger partial charge in [0.25, 0.3) is 0 Å². The van der Waals surface area contributed by atoms with Gasteiger partial charge in [0.15, 0.2) is 0 Å². The average molecular weight is 241 g/mol. The average Bonchev–Trinajstić information content (AvgIpc) is 2.30. The van der Waals surface area contributed by atoms with E-state index in [1.54, 1.807) is 0 Å². The largest absolute Gasteiger partial charge is 0.378 e. The van der Waals surface area contributed by atoms with Gasteiger partial charge in [0.1, 0.15) is 0 Å². The SMILES string of the molecule is CC(C)NCCCCCOC1CCCCC1C. The molecule has 0 amide bonds. The highest BCUT2D eigenvalue weighted by Gasteiger charge is 2.21. The summed E-state index contributed by atoms with van der Waals surface area (Å²) in [6.45, 7) is 8.87. The molecule has 0 aromatic heterocycles. The van der Waals surface area contributed by atoms with E-state index in [2.05, 4.69) is 26.1 Å². The normalized spacial score (nSPS) is 25.4. The zero-order valence-corrected chi connectivity index (χ0v) is 12.0. The number of rotatable bonds is 8. The predicted octanol–water partition coefficient (Wildman–Crippen LogP) is 3.75. The minimum absolute atomic E-state index is 0.553. The van der Waals surface area contributed by atoms with Gasteiger partial charge in [0.2, 0.25) is 0 Å². The first kappa shape index (κ1) is 15.0. The third kappa shape index (κ3) is 7.05. The van der Waals surface area contributed by atoms with Gasteiger partial charge in [-0.05, 0) is 44.6 Å². The third-order valence-corrected chi connectivity index (χ3v) is 3.74. The van der Waals surface area contributed by atoms with Crippen LogP contribution in [0.15, 0.2) is 0 Å². The molecular weight excluding hydrogens is 210 g/mol. The van der Waals surface area contributed by atoms with Crippen molar-refractivity contribution in [3.8, 4) is 0 Å². The van der Waals surface area contributed by atoms with Crippen molar-refractivity contribution < 1.29 is 4.74 Å². The second-order valence-electron chi connectivity index (χ2n) is 5.84. The summed E-state index contributed by atoms with van der Waals surface area (Å²) in [5, 5.41) is 3.45. The Morgan fingerprint density at radius 3 is 2.59 bits per heavy atom. The van der Waals surface area contributed by atoms with E-state index >= 15 is 0 Å². The molecule has 102 valence electrons. The molecule has 1 aliphatic carbocycles. The summed E-state index contributed by atoms with van der Waals surface area (Å²) in [5.41, 5.74) is 0. The maximum Gasteiger partial charge on any atom is 0.0600 e. The second-order valence-corrected chi connectivity index (χ2v) is 5.84. The number of nitrogens with one attached hydrogen (secondary N) is 1. The summed E-state index contributed by atoms with van der Waals surface area (Å²) in [7, 11) is 0. The topological polar surface area (TPSA) is 21.3 Å². The Bertz CT molecular complexity index is 182. The fraction of sp³-hybridized carbons (Fsp3) is 1.00. The predicted molar refractivity (Wildman–Crippen MR) is 74.4 cm³/mol. The van der Waals surface area contributed by atoms with Gasteiger partial charge in [-0.1, -0.05) is 33.6 Å². The fourth-order valence-corrected chi connectivity index (χ4v) is 2.56. The molecule has 17 heavy (non-hydrogen) atoms. The van der Waals surface area contributed by atoms with E-state index < -0.39 is 0 Å². The van der Waals surface area contributed by atoms with Gasteiger partial charge >= 0.3 is 0 Å². The van der Waals surface area contributed by atoms with E-state index in [1.165, 1.54) is 44.9 Å². The van der Waals surface area contributed by atoms with E-state index in [0.29, 0.717) is 12.1 Å². The van der Waals surface area contributed by atoms with Crippen LogP contribution >= 0.6 is 0 Å². The van der Waals surface area contributed by atoms with Crippen molar-refractivity contribution in [1.29, 1.82) is 0 Å². The van der Waals surface area contributed by atoms with E-state index in [4.69, 9.17) is 4.74 Å². The summed E-state index contributed by atoms with van der Waals surface area (Å²) in [4.78, 5) is 0. The van der Waals surface area contributed by atoms with Crippen molar-refractivity contribution in [2.75, 3.05) is 13.2 Å². The lowest BCUT2D eigenvalue weighted by molar-refractivity contribution is -0.00652. The van der Waals surface area contributed by atoms with Crippen LogP contribution in [0.5, 0.6) is 0 Å². The zero-order valence-electron chi connectivity index (χ0n) is 12.0. The minimum Gasteiger partial charge on any atom is -0.378 e. The molecule has 2 unspecified atom stereocenters. The highest BCUT2D eigenvalue weighted by molar-refractivity contribution is 4.72. The van der Waals surface area contributed by atoms with Crippen molar-refractivity contribution in [1.82, 2.24) is 5.32 Å². The molecule has 1 rings (SSSR count). The van der Waals surface area contributed by atoms with Gasteiger partial charge in [0.05, 0.1) is 6.10 Å². The Labute approximate surface area is 108 Å². The maximum absolute atomic E-state index is 6.00. The molecule has 1 saturated carbocycles. The minimum atomic E-state index is 0.553. The monoisotopic (exact) mass is 241 g/mol. The van der Waals surface area contributed by atoms with Crippen LogP contribution < -0.4 is 5.32 Å². The lowest BCUT2D eigenvalue weighted by atomic mass is 9.88. The molecule has 0 aromatic rings. The van der Waals surface area contributed by atoms with Crippen LogP contribution in [0.4, 0.5) is 0 Å². The molecule has 1 aliphatic rings. The van der Waals surface area contributed by atoms with Gasteiger partial charge in [0, 0.05) is 12.6 Å². The number of hydrogen-bond acceptors (Lipinski definition) is 2. The molecule has 2 atom stereocenters. The zero-order chi connectivity index (χ0) is 12.5. The summed E-state index contributed by atoms with van der Waals surface area (Å²) in [6.07, 6.45) is 9.78.